The van der Waals surface area contributed by atoms with E-state index in [0.29, 0.717) is 55.5 Å². The number of carboxylic acids is 1. The Morgan fingerprint density at radius 3 is 2.23 bits per heavy atom. The zero-order valence-corrected chi connectivity index (χ0v) is 35.1. The molecule has 8 heteroatoms. The lowest BCUT2D eigenvalue weighted by Gasteiger charge is -2.72. The first kappa shape index (κ1) is 39.7. The summed E-state index contributed by atoms with van der Waals surface area (Å²) in [5, 5.41) is 13.5. The minimum absolute atomic E-state index is 0.0207. The molecule has 0 radical (unpaired) electrons. The third-order valence-corrected chi connectivity index (χ3v) is 20.9. The van der Waals surface area contributed by atoms with E-state index in [9.17, 15) is 22.7 Å². The molecule has 6 aliphatic carbocycles. The predicted octanol–water partition coefficient (Wildman–Crippen LogP) is 9.18. The molecule has 2 unspecified atom stereocenters. The van der Waals surface area contributed by atoms with Crippen molar-refractivity contribution in [2.45, 2.75) is 148 Å². The van der Waals surface area contributed by atoms with Gasteiger partial charge in [-0.2, -0.15) is 0 Å². The lowest BCUT2D eigenvalue weighted by Crippen LogP contribution is -2.68. The van der Waals surface area contributed by atoms with Gasteiger partial charge in [0.2, 0.25) is 0 Å². The van der Waals surface area contributed by atoms with Gasteiger partial charge in [0.15, 0.2) is 9.84 Å². The molecule has 1 heterocycles. The number of carboxylic acid groups (broad SMARTS) is 1. The molecule has 2 N–H and O–H groups in total. The molecule has 7 rings (SSSR count). The van der Waals surface area contributed by atoms with Crippen LogP contribution in [0.4, 0.5) is 4.39 Å². The van der Waals surface area contributed by atoms with Gasteiger partial charge in [-0.3, -0.25) is 9.69 Å². The molecular formula is C45H71FN2O4S. The Kier molecular flexibility index (Phi) is 9.95. The van der Waals surface area contributed by atoms with Gasteiger partial charge in [0.05, 0.1) is 15.9 Å². The van der Waals surface area contributed by atoms with Crippen molar-refractivity contribution in [2.75, 3.05) is 32.9 Å². The number of rotatable bonds is 8. The number of alkyl halides is 1. The highest BCUT2D eigenvalue weighted by Crippen LogP contribution is 2.76. The van der Waals surface area contributed by atoms with Crippen molar-refractivity contribution in [3.8, 4) is 0 Å². The highest BCUT2D eigenvalue weighted by Gasteiger charge is 2.70. The Bertz CT molecular complexity index is 1650. The summed E-state index contributed by atoms with van der Waals surface area (Å²) in [7, 11) is -3.03. The van der Waals surface area contributed by atoms with E-state index in [2.05, 4.69) is 70.5 Å². The number of fused-ring (bicyclic) bond motifs is 7. The average molecular weight is 755 g/mol. The van der Waals surface area contributed by atoms with Gasteiger partial charge in [0.25, 0.3) is 0 Å². The molecule has 6 nitrogen and oxygen atoms in total. The molecule has 4 saturated carbocycles. The zero-order chi connectivity index (χ0) is 38.6. The van der Waals surface area contributed by atoms with E-state index in [0.717, 1.165) is 19.5 Å². The number of allylic oxidation sites excluding steroid dienone is 5. The minimum Gasteiger partial charge on any atom is -0.481 e. The van der Waals surface area contributed by atoms with Crippen molar-refractivity contribution in [2.24, 2.45) is 56.7 Å². The van der Waals surface area contributed by atoms with Crippen molar-refractivity contribution >= 4 is 15.8 Å². The van der Waals surface area contributed by atoms with Crippen molar-refractivity contribution in [3.63, 3.8) is 0 Å². The average Bonchev–Trinajstić information content (AvgIpc) is 3.47. The van der Waals surface area contributed by atoms with Gasteiger partial charge in [-0.25, -0.2) is 12.8 Å². The van der Waals surface area contributed by atoms with Gasteiger partial charge in [-0.1, -0.05) is 58.9 Å². The second-order valence-electron chi connectivity index (χ2n) is 20.9. The monoisotopic (exact) mass is 755 g/mol. The Morgan fingerprint density at radius 2 is 1.62 bits per heavy atom. The molecular weight excluding hydrogens is 684 g/mol. The first-order chi connectivity index (χ1) is 24.7. The maximum Gasteiger partial charge on any atom is 0.312 e. The standard InChI is InChI=1S/C45H71FN2O4S/c1-29(2)33-14-21-45(47-24-25-48-26-30(3)53(51,52)31(4)27-48)23-22-42(8)35(38(33)45)10-11-37-41(7)17-15-34(40(5,6)36(41)16-18-43(37,42)9)32-12-19-44(28-46,20-13-32)39(49)50/h12,15,30-31,33,35-38,47H,1,10-11,13-14,16-28H2,2-9H3,(H,49,50)/t30?,31?,33-,35+,36-,37+,38+,41-,42+,43+,44+,45-/m0/s1. The molecule has 0 spiro atoms. The van der Waals surface area contributed by atoms with Crippen molar-refractivity contribution in [3.05, 3.63) is 35.5 Å². The topological polar surface area (TPSA) is 86.7 Å². The van der Waals surface area contributed by atoms with E-state index < -0.39 is 27.9 Å². The van der Waals surface area contributed by atoms with E-state index in [-0.39, 0.29) is 44.1 Å². The number of nitrogens with one attached hydrogen (secondary N) is 1. The van der Waals surface area contributed by atoms with Crippen LogP contribution in [0.1, 0.15) is 132 Å². The SMILES string of the molecule is C=C(C)[C@@H]1CC[C@]2(NCCN3CC(C)S(=O)(=O)C(C)C3)CC[C@]3(C)[C@H](CC[C@@H]4[C@@]5(C)CC=C(C6=CC[C@@](CF)(C(=O)O)CC6)C(C)(C)[C@@H]5CC[C@]43C)[C@@H]12. The second kappa shape index (κ2) is 13.3. The summed E-state index contributed by atoms with van der Waals surface area (Å²) in [4.78, 5) is 14.4. The molecule has 0 aromatic heterocycles. The fourth-order valence-electron chi connectivity index (χ4n) is 15.2. The second-order valence-corrected chi connectivity index (χ2v) is 23.7. The summed E-state index contributed by atoms with van der Waals surface area (Å²) < 4.78 is 39.4. The van der Waals surface area contributed by atoms with Crippen LogP contribution in [-0.2, 0) is 14.6 Å². The summed E-state index contributed by atoms with van der Waals surface area (Å²) in [5.74, 6) is 1.96. The maximum atomic E-state index is 14.0. The largest absolute Gasteiger partial charge is 0.481 e. The summed E-state index contributed by atoms with van der Waals surface area (Å²) >= 11 is 0. The van der Waals surface area contributed by atoms with E-state index in [1.54, 1.807) is 0 Å². The van der Waals surface area contributed by atoms with Crippen LogP contribution in [0, 0.1) is 56.7 Å². The van der Waals surface area contributed by atoms with Crippen LogP contribution in [0.3, 0.4) is 0 Å². The summed E-state index contributed by atoms with van der Waals surface area (Å²) in [6, 6.07) is 0. The lowest BCUT2D eigenvalue weighted by atomic mass is 9.33. The van der Waals surface area contributed by atoms with E-state index >= 15 is 0 Å². The highest BCUT2D eigenvalue weighted by atomic mass is 32.2. The van der Waals surface area contributed by atoms with Crippen LogP contribution in [0.2, 0.25) is 0 Å². The minimum atomic E-state index is -3.03. The number of hydrogen-bond donors (Lipinski definition) is 2. The van der Waals surface area contributed by atoms with Gasteiger partial charge >= 0.3 is 5.97 Å². The molecule has 0 bridgehead atoms. The summed E-state index contributed by atoms with van der Waals surface area (Å²) in [6.07, 6.45) is 16.9. The predicted molar refractivity (Wildman–Crippen MR) is 213 cm³/mol. The van der Waals surface area contributed by atoms with Crippen molar-refractivity contribution in [1.82, 2.24) is 10.2 Å². The van der Waals surface area contributed by atoms with E-state index in [1.807, 2.05) is 13.8 Å². The van der Waals surface area contributed by atoms with Gasteiger partial charge in [0, 0.05) is 31.7 Å². The van der Waals surface area contributed by atoms with Crippen LogP contribution in [0.15, 0.2) is 35.5 Å². The molecule has 298 valence electrons. The Morgan fingerprint density at radius 1 is 0.925 bits per heavy atom. The quantitative estimate of drug-likeness (QED) is 0.241. The Labute approximate surface area is 321 Å². The molecule has 12 atom stereocenters. The number of sulfone groups is 1. The van der Waals surface area contributed by atoms with Crippen molar-refractivity contribution < 1.29 is 22.7 Å². The molecule has 0 amide bonds. The first-order valence-electron chi connectivity index (χ1n) is 21.3. The molecule has 1 saturated heterocycles. The third kappa shape index (κ3) is 5.77. The van der Waals surface area contributed by atoms with Crippen LogP contribution < -0.4 is 5.32 Å². The third-order valence-electron chi connectivity index (χ3n) is 18.4. The number of carbonyl (C=O) groups is 1. The summed E-state index contributed by atoms with van der Waals surface area (Å²) in [6.45, 7) is 25.8. The number of nitrogens with zero attached hydrogens (tertiary/aromatic N) is 1. The van der Waals surface area contributed by atoms with Gasteiger partial charge in [0.1, 0.15) is 6.67 Å². The Hall–Kier alpha value is -1.51. The van der Waals surface area contributed by atoms with Gasteiger partial charge in [-0.15, -0.1) is 0 Å². The van der Waals surface area contributed by atoms with E-state index in [1.165, 1.54) is 68.1 Å². The number of halogens is 1. The lowest BCUT2D eigenvalue weighted by molar-refractivity contribution is -0.221. The smallest absolute Gasteiger partial charge is 0.312 e. The fourth-order valence-corrected chi connectivity index (χ4v) is 16.8. The first-order valence-corrected chi connectivity index (χ1v) is 22.9. The van der Waals surface area contributed by atoms with Crippen LogP contribution >= 0.6 is 0 Å². The zero-order valence-electron chi connectivity index (χ0n) is 34.3. The number of hydrogen-bond acceptors (Lipinski definition) is 5. The molecule has 53 heavy (non-hydrogen) atoms. The van der Waals surface area contributed by atoms with E-state index in [4.69, 9.17) is 0 Å². The normalized spacial score (nSPS) is 47.6. The fraction of sp³-hybridized carbons (Fsp3) is 0.844. The molecule has 5 fully saturated rings. The molecule has 0 aromatic carbocycles. The molecule has 0 aromatic rings. The van der Waals surface area contributed by atoms with Crippen LogP contribution in [-0.4, -0.2) is 73.3 Å². The van der Waals surface area contributed by atoms with Crippen LogP contribution in [0.5, 0.6) is 0 Å². The summed E-state index contributed by atoms with van der Waals surface area (Å²) in [5.41, 5.74) is 3.55. The molecule has 1 aliphatic heterocycles. The molecule has 7 aliphatic rings. The van der Waals surface area contributed by atoms with Crippen LogP contribution in [0.25, 0.3) is 0 Å². The van der Waals surface area contributed by atoms with Gasteiger partial charge < -0.3 is 10.4 Å². The van der Waals surface area contributed by atoms with Gasteiger partial charge in [-0.05, 0) is 160 Å². The number of aliphatic carboxylic acids is 1. The highest BCUT2D eigenvalue weighted by molar-refractivity contribution is 7.92. The maximum absolute atomic E-state index is 14.0. The Balaban J connectivity index is 1.13. The van der Waals surface area contributed by atoms with Crippen molar-refractivity contribution in [1.29, 1.82) is 0 Å².